The van der Waals surface area contributed by atoms with E-state index in [9.17, 15) is 4.79 Å². The molecular weight excluding hydrogens is 383 g/mol. The molecule has 0 aliphatic heterocycles. The molecule has 0 radical (unpaired) electrons. The molecule has 0 unspecified atom stereocenters. The van der Waals surface area contributed by atoms with Crippen LogP contribution in [0.15, 0.2) is 60.4 Å². The van der Waals surface area contributed by atoms with E-state index < -0.39 is 0 Å². The highest BCUT2D eigenvalue weighted by Crippen LogP contribution is 2.27. The minimum absolute atomic E-state index is 0.230. The molecule has 0 atom stereocenters. The van der Waals surface area contributed by atoms with E-state index in [-0.39, 0.29) is 5.56 Å². The van der Waals surface area contributed by atoms with Gasteiger partial charge in [-0.05, 0) is 49.2 Å². The van der Waals surface area contributed by atoms with Gasteiger partial charge in [0.2, 0.25) is 0 Å². The summed E-state index contributed by atoms with van der Waals surface area (Å²) in [5.41, 5.74) is 1.81. The van der Waals surface area contributed by atoms with E-state index in [2.05, 4.69) is 18.1 Å². The summed E-state index contributed by atoms with van der Waals surface area (Å²) in [7, 11) is 0. The Hall–Kier alpha value is -2.56. The molecule has 0 aliphatic carbocycles. The van der Waals surface area contributed by atoms with Gasteiger partial charge in [0.1, 0.15) is 18.2 Å². The average Bonchev–Trinajstić information content (AvgIpc) is 2.62. The van der Waals surface area contributed by atoms with E-state index >= 15 is 0 Å². The Kier molecular flexibility index (Phi) is 5.68. The molecule has 0 saturated heterocycles. The predicted molar refractivity (Wildman–Crippen MR) is 112 cm³/mol. The molecule has 4 nitrogen and oxygen atoms in total. The molecule has 6 heteroatoms. The molecule has 0 spiro atoms. The molecule has 27 heavy (non-hydrogen) atoms. The van der Waals surface area contributed by atoms with Crippen LogP contribution >= 0.6 is 23.2 Å². The zero-order chi connectivity index (χ0) is 19.6. The highest BCUT2D eigenvalue weighted by Gasteiger charge is 2.14. The first-order valence-electron chi connectivity index (χ1n) is 8.32. The van der Waals surface area contributed by atoms with Crippen LogP contribution in [0.1, 0.15) is 11.4 Å². The molecule has 0 N–H and O–H groups in total. The van der Waals surface area contributed by atoms with Gasteiger partial charge in [-0.1, -0.05) is 41.9 Å². The maximum absolute atomic E-state index is 13.1. The molecule has 1 heterocycles. The van der Waals surface area contributed by atoms with Crippen molar-refractivity contribution in [1.82, 2.24) is 9.55 Å². The van der Waals surface area contributed by atoms with E-state index in [0.29, 0.717) is 45.5 Å². The molecule has 2 aromatic carbocycles. The summed E-state index contributed by atoms with van der Waals surface area (Å²) in [5, 5.41) is 1.11. The lowest BCUT2D eigenvalue weighted by atomic mass is 10.1. The summed E-state index contributed by atoms with van der Waals surface area (Å²) in [6.45, 7) is 9.62. The smallest absolute Gasteiger partial charge is 0.266 e. The second-order valence-corrected chi connectivity index (χ2v) is 6.81. The quantitative estimate of drug-likeness (QED) is 0.527. The van der Waals surface area contributed by atoms with Crippen LogP contribution < -0.4 is 10.3 Å². The number of aromatic nitrogens is 2. The van der Waals surface area contributed by atoms with Gasteiger partial charge >= 0.3 is 0 Å². The zero-order valence-electron chi connectivity index (χ0n) is 14.8. The normalized spacial score (nSPS) is 10.8. The number of ether oxygens (including phenoxy) is 1. The fourth-order valence-corrected chi connectivity index (χ4v) is 3.47. The van der Waals surface area contributed by atoms with Gasteiger partial charge in [0.05, 0.1) is 21.6 Å². The molecule has 138 valence electrons. The van der Waals surface area contributed by atoms with Crippen LogP contribution in [0.25, 0.3) is 16.6 Å². The second kappa shape index (κ2) is 7.99. The van der Waals surface area contributed by atoms with Crippen molar-refractivity contribution >= 4 is 34.1 Å². The molecule has 1 aromatic heterocycles. The number of rotatable bonds is 6. The van der Waals surface area contributed by atoms with Gasteiger partial charge in [0.15, 0.2) is 0 Å². The highest BCUT2D eigenvalue weighted by atomic mass is 35.5. The summed E-state index contributed by atoms with van der Waals surface area (Å²) in [6, 6.07) is 8.71. The third-order valence-corrected chi connectivity index (χ3v) is 4.59. The molecule has 0 aliphatic rings. The molecule has 3 aromatic rings. The van der Waals surface area contributed by atoms with Crippen molar-refractivity contribution in [2.45, 2.75) is 13.3 Å². The van der Waals surface area contributed by atoms with Crippen molar-refractivity contribution in [1.29, 1.82) is 0 Å². The van der Waals surface area contributed by atoms with Gasteiger partial charge in [0.25, 0.3) is 5.56 Å². The van der Waals surface area contributed by atoms with E-state index in [4.69, 9.17) is 27.9 Å². The Morgan fingerprint density at radius 2 is 1.96 bits per heavy atom. The first-order chi connectivity index (χ1) is 13.0. The largest absolute Gasteiger partial charge is 0.489 e. The van der Waals surface area contributed by atoms with Gasteiger partial charge in [-0.25, -0.2) is 4.98 Å². The Labute approximate surface area is 167 Å². The van der Waals surface area contributed by atoms with Crippen molar-refractivity contribution in [3.63, 3.8) is 0 Å². The van der Waals surface area contributed by atoms with Gasteiger partial charge in [-0.15, -0.1) is 6.58 Å². The Bertz CT molecular complexity index is 1100. The topological polar surface area (TPSA) is 44.1 Å². The molecule has 0 bridgehead atoms. The number of hydrogen-bond acceptors (Lipinski definition) is 3. The second-order valence-electron chi connectivity index (χ2n) is 5.97. The van der Waals surface area contributed by atoms with Crippen LogP contribution in [0.3, 0.4) is 0 Å². The minimum Gasteiger partial charge on any atom is -0.489 e. The Morgan fingerprint density at radius 3 is 2.67 bits per heavy atom. The number of benzene rings is 2. The summed E-state index contributed by atoms with van der Waals surface area (Å²) in [6.07, 6.45) is 4.07. The molecule has 0 saturated carbocycles. The summed E-state index contributed by atoms with van der Waals surface area (Å²) < 4.78 is 7.23. The lowest BCUT2D eigenvalue weighted by Crippen LogP contribution is -2.22. The number of aryl methyl sites for hydroxylation is 1. The fraction of sp³-hybridized carbons (Fsp3) is 0.143. The van der Waals surface area contributed by atoms with Crippen molar-refractivity contribution in [2.75, 3.05) is 6.61 Å². The highest BCUT2D eigenvalue weighted by molar-refractivity contribution is 6.38. The fourth-order valence-electron chi connectivity index (χ4n) is 2.94. The van der Waals surface area contributed by atoms with Gasteiger partial charge in [-0.3, -0.25) is 9.36 Å². The third-order valence-electron chi connectivity index (χ3n) is 4.08. The standard InChI is InChI=1S/C21H18Cl2N2O2/c1-4-6-14-10-16(7-8-19(14)27-9-5-2)25-13(3)24-20-17(21(25)26)11-15(22)12-18(20)23/h4-5,7-8,10-12H,1-2,6,9H2,3H3. The van der Waals surface area contributed by atoms with E-state index in [1.807, 2.05) is 18.2 Å². The van der Waals surface area contributed by atoms with Crippen LogP contribution in [-0.4, -0.2) is 16.2 Å². The summed E-state index contributed by atoms with van der Waals surface area (Å²) >= 11 is 12.3. The van der Waals surface area contributed by atoms with Crippen LogP contribution in [0, 0.1) is 6.92 Å². The first-order valence-corrected chi connectivity index (χ1v) is 9.08. The van der Waals surface area contributed by atoms with Crippen molar-refractivity contribution in [2.24, 2.45) is 0 Å². The Balaban J connectivity index is 2.22. The van der Waals surface area contributed by atoms with E-state index in [1.54, 1.807) is 35.8 Å². The lowest BCUT2D eigenvalue weighted by molar-refractivity contribution is 0.360. The van der Waals surface area contributed by atoms with Gasteiger partial charge in [-0.2, -0.15) is 0 Å². The SMILES string of the molecule is C=CCOc1ccc(-n2c(C)nc3c(Cl)cc(Cl)cc3c2=O)cc1CC=C. The van der Waals surface area contributed by atoms with Crippen LogP contribution in [0.4, 0.5) is 0 Å². The predicted octanol–water partition coefficient (Wildman–Crippen LogP) is 5.29. The number of nitrogens with zero attached hydrogens (tertiary/aromatic N) is 2. The molecule has 0 amide bonds. The zero-order valence-corrected chi connectivity index (χ0v) is 16.3. The third kappa shape index (κ3) is 3.77. The first kappa shape index (κ1) is 19.2. The van der Waals surface area contributed by atoms with Crippen LogP contribution in [0.2, 0.25) is 10.0 Å². The number of allylic oxidation sites excluding steroid dienone is 1. The average molecular weight is 401 g/mol. The maximum Gasteiger partial charge on any atom is 0.266 e. The van der Waals surface area contributed by atoms with E-state index in [1.165, 1.54) is 0 Å². The van der Waals surface area contributed by atoms with Crippen LogP contribution in [-0.2, 0) is 6.42 Å². The maximum atomic E-state index is 13.1. The van der Waals surface area contributed by atoms with Crippen molar-refractivity contribution < 1.29 is 4.74 Å². The molecule has 0 fully saturated rings. The van der Waals surface area contributed by atoms with Crippen molar-refractivity contribution in [3.8, 4) is 11.4 Å². The van der Waals surface area contributed by atoms with Crippen molar-refractivity contribution in [3.05, 3.63) is 87.4 Å². The minimum atomic E-state index is -0.230. The monoisotopic (exact) mass is 400 g/mol. The van der Waals surface area contributed by atoms with Gasteiger partial charge in [0, 0.05) is 5.02 Å². The number of fused-ring (bicyclic) bond motifs is 1. The summed E-state index contributed by atoms with van der Waals surface area (Å²) in [5.74, 6) is 1.25. The Morgan fingerprint density at radius 1 is 1.19 bits per heavy atom. The van der Waals surface area contributed by atoms with Gasteiger partial charge < -0.3 is 4.74 Å². The van der Waals surface area contributed by atoms with Crippen LogP contribution in [0.5, 0.6) is 5.75 Å². The number of halogens is 2. The molecule has 3 rings (SSSR count). The molecular formula is C21H18Cl2N2O2. The lowest BCUT2D eigenvalue weighted by Gasteiger charge is -2.15. The number of hydrogen-bond donors (Lipinski definition) is 0. The van der Waals surface area contributed by atoms with E-state index in [0.717, 1.165) is 11.3 Å². The summed E-state index contributed by atoms with van der Waals surface area (Å²) in [4.78, 5) is 17.6.